The van der Waals surface area contributed by atoms with E-state index < -0.39 is 10.0 Å². The normalized spacial score (nSPS) is 15.1. The molecule has 6 rings (SSSR count). The molecular weight excluding hydrogens is 480 g/mol. The number of benzene rings is 4. The molecule has 1 N–H and O–H groups in total. The maximum absolute atomic E-state index is 12.9. The fourth-order valence-electron chi connectivity index (χ4n) is 5.28. The van der Waals surface area contributed by atoms with Gasteiger partial charge in [0.2, 0.25) is 10.0 Å². The maximum atomic E-state index is 12.9. The van der Waals surface area contributed by atoms with Gasteiger partial charge in [0.15, 0.2) is 0 Å². The lowest BCUT2D eigenvalue weighted by Crippen LogP contribution is -2.35. The van der Waals surface area contributed by atoms with Crippen LogP contribution in [0.25, 0.3) is 22.2 Å². The van der Waals surface area contributed by atoms with Crippen LogP contribution in [0.5, 0.6) is 5.75 Å². The molecule has 6 heteroatoms. The Labute approximate surface area is 217 Å². The molecule has 0 radical (unpaired) electrons. The maximum Gasteiger partial charge on any atom is 0.240 e. The van der Waals surface area contributed by atoms with E-state index in [1.54, 1.807) is 31.4 Å². The summed E-state index contributed by atoms with van der Waals surface area (Å²) < 4.78 is 36.3. The molecule has 5 nitrogen and oxygen atoms in total. The van der Waals surface area contributed by atoms with Gasteiger partial charge in [-0.15, -0.1) is 0 Å². The number of rotatable bonds is 7. The largest absolute Gasteiger partial charge is 0.497 e. The van der Waals surface area contributed by atoms with Crippen molar-refractivity contribution >= 4 is 20.9 Å². The highest BCUT2D eigenvalue weighted by Crippen LogP contribution is 2.33. The molecule has 1 unspecified atom stereocenters. The highest BCUT2D eigenvalue weighted by atomic mass is 32.2. The standard InChI is InChI=1S/C31H28N2O3S/c1-36-28-15-11-22(12-16-28)21-33-30-10-6-5-7-24(30)20-31(33)25-14-13-23-18-27(19-26(23)17-25)32-37(34,35)29-8-3-2-4-9-29/h2-17,20,27,32H,18-19,21H2,1H3. The van der Waals surface area contributed by atoms with Crippen LogP contribution in [0.2, 0.25) is 0 Å². The van der Waals surface area contributed by atoms with Crippen LogP contribution in [0.3, 0.4) is 0 Å². The minimum absolute atomic E-state index is 0.152. The third-order valence-corrected chi connectivity index (χ3v) is 8.66. The van der Waals surface area contributed by atoms with Gasteiger partial charge in [0.1, 0.15) is 5.75 Å². The number of nitrogens with one attached hydrogen (secondary N) is 1. The molecule has 0 bridgehead atoms. The van der Waals surface area contributed by atoms with Gasteiger partial charge >= 0.3 is 0 Å². The number of methoxy groups -OCH3 is 1. The molecule has 0 aliphatic heterocycles. The van der Waals surface area contributed by atoms with Crippen molar-refractivity contribution in [2.24, 2.45) is 0 Å². The molecule has 1 aromatic heterocycles. The Morgan fingerprint density at radius 2 is 1.57 bits per heavy atom. The lowest BCUT2D eigenvalue weighted by molar-refractivity contribution is 0.414. The number of nitrogens with zero attached hydrogens (tertiary/aromatic N) is 1. The third-order valence-electron chi connectivity index (χ3n) is 7.12. The molecule has 186 valence electrons. The Morgan fingerprint density at radius 1 is 0.838 bits per heavy atom. The topological polar surface area (TPSA) is 60.3 Å². The highest BCUT2D eigenvalue weighted by Gasteiger charge is 2.27. The summed E-state index contributed by atoms with van der Waals surface area (Å²) in [6, 6.07) is 33.8. The second kappa shape index (κ2) is 9.54. The molecule has 0 spiro atoms. The molecule has 4 aromatic carbocycles. The predicted octanol–water partition coefficient (Wildman–Crippen LogP) is 5.81. The van der Waals surface area contributed by atoms with Gasteiger partial charge in [-0.25, -0.2) is 13.1 Å². The highest BCUT2D eigenvalue weighted by molar-refractivity contribution is 7.89. The van der Waals surface area contributed by atoms with Gasteiger partial charge in [0.05, 0.1) is 12.0 Å². The molecular formula is C31H28N2O3S. The van der Waals surface area contributed by atoms with Gasteiger partial charge < -0.3 is 9.30 Å². The van der Waals surface area contributed by atoms with E-state index >= 15 is 0 Å². The number of hydrogen-bond acceptors (Lipinski definition) is 3. The first-order chi connectivity index (χ1) is 18.0. The molecule has 1 aliphatic rings. The van der Waals surface area contributed by atoms with Crippen LogP contribution >= 0.6 is 0 Å². The van der Waals surface area contributed by atoms with Gasteiger partial charge in [0.25, 0.3) is 0 Å². The number of para-hydroxylation sites is 1. The number of hydrogen-bond donors (Lipinski definition) is 1. The second-order valence-electron chi connectivity index (χ2n) is 9.55. The first-order valence-corrected chi connectivity index (χ1v) is 13.9. The van der Waals surface area contributed by atoms with Crippen LogP contribution in [0.15, 0.2) is 108 Å². The summed E-state index contributed by atoms with van der Waals surface area (Å²) in [7, 11) is -1.87. The Balaban J connectivity index is 1.30. The first kappa shape index (κ1) is 23.5. The monoisotopic (exact) mass is 508 g/mol. The zero-order valence-electron chi connectivity index (χ0n) is 20.6. The summed E-state index contributed by atoms with van der Waals surface area (Å²) in [5.41, 5.74) is 7.05. The van der Waals surface area contributed by atoms with Crippen molar-refractivity contribution < 1.29 is 13.2 Å². The number of sulfonamides is 1. The smallest absolute Gasteiger partial charge is 0.240 e. The van der Waals surface area contributed by atoms with Gasteiger partial charge in [-0.2, -0.15) is 0 Å². The average Bonchev–Trinajstić information content (AvgIpc) is 3.49. The molecule has 1 aliphatic carbocycles. The fourth-order valence-corrected chi connectivity index (χ4v) is 6.54. The van der Waals surface area contributed by atoms with E-state index in [0.717, 1.165) is 23.6 Å². The van der Waals surface area contributed by atoms with E-state index in [-0.39, 0.29) is 6.04 Å². The third kappa shape index (κ3) is 4.66. The Bertz CT molecular complexity index is 1670. The van der Waals surface area contributed by atoms with Gasteiger partial charge in [-0.1, -0.05) is 60.7 Å². The molecule has 0 saturated carbocycles. The fraction of sp³-hybridized carbons (Fsp3) is 0.161. The van der Waals surface area contributed by atoms with Crippen molar-refractivity contribution in [2.75, 3.05) is 7.11 Å². The van der Waals surface area contributed by atoms with E-state index in [1.165, 1.54) is 27.6 Å². The van der Waals surface area contributed by atoms with Crippen molar-refractivity contribution in [3.63, 3.8) is 0 Å². The van der Waals surface area contributed by atoms with Crippen LogP contribution in [0, 0.1) is 0 Å². The minimum atomic E-state index is -3.55. The quantitative estimate of drug-likeness (QED) is 0.302. The molecule has 1 atom stereocenters. The number of fused-ring (bicyclic) bond motifs is 2. The van der Waals surface area contributed by atoms with E-state index in [2.05, 4.69) is 70.0 Å². The van der Waals surface area contributed by atoms with Crippen molar-refractivity contribution in [1.29, 1.82) is 0 Å². The average molecular weight is 509 g/mol. The minimum Gasteiger partial charge on any atom is -0.497 e. The van der Waals surface area contributed by atoms with Crippen LogP contribution in [-0.4, -0.2) is 26.1 Å². The summed E-state index contributed by atoms with van der Waals surface area (Å²) in [5.74, 6) is 0.845. The Kier molecular flexibility index (Phi) is 6.07. The molecule has 0 saturated heterocycles. The van der Waals surface area contributed by atoms with Crippen LogP contribution < -0.4 is 9.46 Å². The number of aromatic nitrogens is 1. The lowest BCUT2D eigenvalue weighted by atomic mass is 10.0. The van der Waals surface area contributed by atoms with E-state index in [4.69, 9.17) is 4.74 Å². The summed E-state index contributed by atoms with van der Waals surface area (Å²) in [5, 5.41) is 1.19. The molecule has 37 heavy (non-hydrogen) atoms. The second-order valence-corrected chi connectivity index (χ2v) is 11.3. The van der Waals surface area contributed by atoms with Crippen LogP contribution in [0.1, 0.15) is 16.7 Å². The number of ether oxygens (including phenoxy) is 1. The SMILES string of the molecule is COc1ccc(Cn2c(-c3ccc4c(c3)CC(NS(=O)(=O)c3ccccc3)C4)cc3ccccc32)cc1. The summed E-state index contributed by atoms with van der Waals surface area (Å²) in [6.45, 7) is 0.740. The molecule has 0 amide bonds. The lowest BCUT2D eigenvalue weighted by Gasteiger charge is -2.13. The molecule has 5 aromatic rings. The van der Waals surface area contributed by atoms with Crippen molar-refractivity contribution in [3.05, 3.63) is 120 Å². The van der Waals surface area contributed by atoms with E-state index in [0.29, 0.717) is 17.7 Å². The van der Waals surface area contributed by atoms with E-state index in [1.807, 2.05) is 18.2 Å². The van der Waals surface area contributed by atoms with Gasteiger partial charge in [-0.05, 0) is 77.6 Å². The van der Waals surface area contributed by atoms with Crippen molar-refractivity contribution in [1.82, 2.24) is 9.29 Å². The van der Waals surface area contributed by atoms with Gasteiger partial charge in [-0.3, -0.25) is 0 Å². The van der Waals surface area contributed by atoms with Crippen molar-refractivity contribution in [3.8, 4) is 17.0 Å². The van der Waals surface area contributed by atoms with Crippen LogP contribution in [0.4, 0.5) is 0 Å². The summed E-state index contributed by atoms with van der Waals surface area (Å²) in [4.78, 5) is 0.301. The summed E-state index contributed by atoms with van der Waals surface area (Å²) >= 11 is 0. The Hall–Kier alpha value is -3.87. The molecule has 0 fully saturated rings. The Morgan fingerprint density at radius 3 is 2.35 bits per heavy atom. The van der Waals surface area contributed by atoms with E-state index in [9.17, 15) is 8.42 Å². The zero-order chi connectivity index (χ0) is 25.4. The zero-order valence-corrected chi connectivity index (χ0v) is 21.4. The first-order valence-electron chi connectivity index (χ1n) is 12.4. The van der Waals surface area contributed by atoms with Crippen LogP contribution in [-0.2, 0) is 29.4 Å². The van der Waals surface area contributed by atoms with Crippen molar-refractivity contribution in [2.45, 2.75) is 30.3 Å². The van der Waals surface area contributed by atoms with Gasteiger partial charge in [0, 0.05) is 29.2 Å². The summed E-state index contributed by atoms with van der Waals surface area (Å²) in [6.07, 6.45) is 1.37. The predicted molar refractivity (Wildman–Crippen MR) is 147 cm³/mol. The molecule has 1 heterocycles.